The van der Waals surface area contributed by atoms with Crippen LogP contribution < -0.4 is 4.90 Å². The molecule has 31 heavy (non-hydrogen) atoms. The van der Waals surface area contributed by atoms with Gasteiger partial charge in [0.05, 0.1) is 6.61 Å². The van der Waals surface area contributed by atoms with Crippen LogP contribution in [0.2, 0.25) is 0 Å². The second-order valence-corrected chi connectivity index (χ2v) is 8.22. The van der Waals surface area contributed by atoms with Crippen LogP contribution in [0.5, 0.6) is 0 Å². The average molecular weight is 416 g/mol. The Labute approximate surface area is 186 Å². The third-order valence-corrected chi connectivity index (χ3v) is 5.56. The van der Waals surface area contributed by atoms with Crippen molar-refractivity contribution in [3.05, 3.63) is 96.2 Å². The third-order valence-electron chi connectivity index (χ3n) is 5.56. The minimum Gasteiger partial charge on any atom is -0.463 e. The van der Waals surface area contributed by atoms with Crippen LogP contribution in [0.3, 0.4) is 0 Å². The van der Waals surface area contributed by atoms with Gasteiger partial charge in [-0.3, -0.25) is 0 Å². The molecule has 3 heteroatoms. The summed E-state index contributed by atoms with van der Waals surface area (Å²) in [5.74, 6) is 0.248. The number of allylic oxidation sites excluding steroid dienone is 3. The van der Waals surface area contributed by atoms with Crippen molar-refractivity contribution in [3.63, 3.8) is 0 Å². The quantitative estimate of drug-likeness (QED) is 0.236. The molecule has 0 fully saturated rings. The first kappa shape index (κ1) is 22.6. The van der Waals surface area contributed by atoms with E-state index in [1.165, 1.54) is 34.3 Å². The standard InChI is InChI=1S/C28H33NO2/c1-4-28(30)31-21-7-5-6-8-24-13-19-27(20-14-24)29(25-15-9-22(2)10-16-25)26-17-11-23(3)12-18-26/h4,9-11,13-20,23H,1,5-8,12,21H2,2-3H3. The second kappa shape index (κ2) is 11.4. The number of aryl methyl sites for hydroxylation is 2. The molecule has 0 saturated heterocycles. The molecule has 0 N–H and O–H groups in total. The zero-order valence-corrected chi connectivity index (χ0v) is 18.7. The van der Waals surface area contributed by atoms with Crippen LogP contribution in [0.15, 0.2) is 85.1 Å². The van der Waals surface area contributed by atoms with Crippen LogP contribution in [-0.2, 0) is 16.0 Å². The van der Waals surface area contributed by atoms with Gasteiger partial charge in [0.25, 0.3) is 0 Å². The SMILES string of the molecule is C=CC(=O)OCCCCCc1ccc(N(C2=CCC(C)C=C2)c2ccc(C)cc2)cc1. The molecule has 0 bridgehead atoms. The maximum Gasteiger partial charge on any atom is 0.330 e. The fraction of sp³-hybridized carbons (Fsp3) is 0.321. The van der Waals surface area contributed by atoms with Crippen molar-refractivity contribution >= 4 is 17.3 Å². The van der Waals surface area contributed by atoms with E-state index < -0.39 is 0 Å². The summed E-state index contributed by atoms with van der Waals surface area (Å²) in [6, 6.07) is 17.6. The van der Waals surface area contributed by atoms with Gasteiger partial charge in [-0.2, -0.15) is 0 Å². The molecule has 0 heterocycles. The Bertz CT molecular complexity index is 922. The Balaban J connectivity index is 1.64. The number of hydrogen-bond donors (Lipinski definition) is 0. The molecule has 0 aliphatic heterocycles. The predicted molar refractivity (Wildman–Crippen MR) is 129 cm³/mol. The molecular weight excluding hydrogens is 382 g/mol. The summed E-state index contributed by atoms with van der Waals surface area (Å²) < 4.78 is 5.03. The molecule has 1 aliphatic carbocycles. The predicted octanol–water partition coefficient (Wildman–Crippen LogP) is 7.06. The van der Waals surface area contributed by atoms with Crippen LogP contribution >= 0.6 is 0 Å². The second-order valence-electron chi connectivity index (χ2n) is 8.22. The zero-order valence-electron chi connectivity index (χ0n) is 18.7. The van der Waals surface area contributed by atoms with Gasteiger partial charge >= 0.3 is 5.97 Å². The Morgan fingerprint density at radius 3 is 2.35 bits per heavy atom. The van der Waals surface area contributed by atoms with Gasteiger partial charge in [-0.25, -0.2) is 4.79 Å². The number of rotatable bonds is 10. The molecule has 0 amide bonds. The highest BCUT2D eigenvalue weighted by Crippen LogP contribution is 2.33. The molecule has 1 atom stereocenters. The highest BCUT2D eigenvalue weighted by Gasteiger charge is 2.15. The highest BCUT2D eigenvalue weighted by molar-refractivity contribution is 5.81. The summed E-state index contributed by atoms with van der Waals surface area (Å²) in [5, 5.41) is 0. The third kappa shape index (κ3) is 6.71. The van der Waals surface area contributed by atoms with Crippen LogP contribution in [0.4, 0.5) is 11.4 Å². The van der Waals surface area contributed by atoms with E-state index in [1.54, 1.807) is 0 Å². The Kier molecular flexibility index (Phi) is 8.28. The molecule has 162 valence electrons. The highest BCUT2D eigenvalue weighted by atomic mass is 16.5. The van der Waals surface area contributed by atoms with Gasteiger partial charge in [-0.15, -0.1) is 0 Å². The number of anilines is 2. The van der Waals surface area contributed by atoms with Gasteiger partial charge in [0, 0.05) is 23.1 Å². The van der Waals surface area contributed by atoms with Crippen molar-refractivity contribution in [2.75, 3.05) is 11.5 Å². The van der Waals surface area contributed by atoms with Crippen molar-refractivity contribution in [1.82, 2.24) is 0 Å². The summed E-state index contributed by atoms with van der Waals surface area (Å²) >= 11 is 0. The van der Waals surface area contributed by atoms with E-state index in [2.05, 4.69) is 92.1 Å². The molecule has 0 spiro atoms. The first-order valence-electron chi connectivity index (χ1n) is 11.2. The number of esters is 1. The first-order valence-corrected chi connectivity index (χ1v) is 11.2. The minimum atomic E-state index is -0.342. The molecule has 0 aromatic heterocycles. The Morgan fingerprint density at radius 2 is 1.74 bits per heavy atom. The van der Waals surface area contributed by atoms with E-state index in [1.807, 2.05) is 0 Å². The fourth-order valence-corrected chi connectivity index (χ4v) is 3.67. The lowest BCUT2D eigenvalue weighted by atomic mass is 10.00. The lowest BCUT2D eigenvalue weighted by Gasteiger charge is -2.28. The molecule has 3 nitrogen and oxygen atoms in total. The van der Waals surface area contributed by atoms with Crippen molar-refractivity contribution in [2.24, 2.45) is 5.92 Å². The maximum absolute atomic E-state index is 11.0. The lowest BCUT2D eigenvalue weighted by molar-refractivity contribution is -0.137. The van der Waals surface area contributed by atoms with Crippen LogP contribution in [-0.4, -0.2) is 12.6 Å². The average Bonchev–Trinajstić information content (AvgIpc) is 2.79. The monoisotopic (exact) mass is 415 g/mol. The molecule has 0 saturated carbocycles. The van der Waals surface area contributed by atoms with Crippen LogP contribution in [0, 0.1) is 12.8 Å². The van der Waals surface area contributed by atoms with E-state index in [0.29, 0.717) is 12.5 Å². The van der Waals surface area contributed by atoms with Crippen molar-refractivity contribution in [3.8, 4) is 0 Å². The topological polar surface area (TPSA) is 29.5 Å². The molecule has 1 aliphatic rings. The van der Waals surface area contributed by atoms with Gasteiger partial charge in [0.15, 0.2) is 0 Å². The van der Waals surface area contributed by atoms with Gasteiger partial charge in [-0.1, -0.05) is 55.5 Å². The van der Waals surface area contributed by atoms with Gasteiger partial charge in [0.1, 0.15) is 0 Å². The van der Waals surface area contributed by atoms with Crippen LogP contribution in [0.1, 0.15) is 43.7 Å². The summed E-state index contributed by atoms with van der Waals surface area (Å²) in [7, 11) is 0. The van der Waals surface area contributed by atoms with Gasteiger partial charge in [-0.05, 0) is 80.9 Å². The Morgan fingerprint density at radius 1 is 1.06 bits per heavy atom. The summed E-state index contributed by atoms with van der Waals surface area (Å²) in [4.78, 5) is 13.4. The number of hydrogen-bond acceptors (Lipinski definition) is 3. The number of carbonyl (C=O) groups is 1. The largest absolute Gasteiger partial charge is 0.463 e. The number of ether oxygens (including phenoxy) is 1. The number of nitrogens with zero attached hydrogens (tertiary/aromatic N) is 1. The zero-order chi connectivity index (χ0) is 22.1. The fourth-order valence-electron chi connectivity index (χ4n) is 3.67. The molecule has 2 aromatic rings. The number of carbonyl (C=O) groups excluding carboxylic acids is 1. The van der Waals surface area contributed by atoms with Crippen molar-refractivity contribution < 1.29 is 9.53 Å². The molecule has 2 aromatic carbocycles. The van der Waals surface area contributed by atoms with E-state index in [0.717, 1.165) is 32.1 Å². The Hall–Kier alpha value is -3.07. The van der Waals surface area contributed by atoms with E-state index >= 15 is 0 Å². The summed E-state index contributed by atoms with van der Waals surface area (Å²) in [5.41, 5.74) is 6.17. The summed E-state index contributed by atoms with van der Waals surface area (Å²) in [6.45, 7) is 8.24. The lowest BCUT2D eigenvalue weighted by Crippen LogP contribution is -2.17. The molecule has 3 rings (SSSR count). The molecular formula is C28H33NO2. The van der Waals surface area contributed by atoms with Crippen molar-refractivity contribution in [1.29, 1.82) is 0 Å². The summed E-state index contributed by atoms with van der Waals surface area (Å²) in [6.07, 6.45) is 13.2. The van der Waals surface area contributed by atoms with Gasteiger partial charge < -0.3 is 9.64 Å². The van der Waals surface area contributed by atoms with E-state index in [9.17, 15) is 4.79 Å². The smallest absolute Gasteiger partial charge is 0.330 e. The number of unbranched alkanes of at least 4 members (excludes halogenated alkanes) is 2. The van der Waals surface area contributed by atoms with Crippen LogP contribution in [0.25, 0.3) is 0 Å². The van der Waals surface area contributed by atoms with E-state index in [4.69, 9.17) is 4.74 Å². The number of benzene rings is 2. The minimum absolute atomic E-state index is 0.342. The normalized spacial score (nSPS) is 15.3. The van der Waals surface area contributed by atoms with Crippen molar-refractivity contribution in [2.45, 2.75) is 46.0 Å². The molecule has 0 radical (unpaired) electrons. The van der Waals surface area contributed by atoms with E-state index in [-0.39, 0.29) is 5.97 Å². The maximum atomic E-state index is 11.0. The van der Waals surface area contributed by atoms with Gasteiger partial charge in [0.2, 0.25) is 0 Å². The molecule has 1 unspecified atom stereocenters. The first-order chi connectivity index (χ1) is 15.1.